The molecule has 0 radical (unpaired) electrons. The van der Waals surface area contributed by atoms with Crippen LogP contribution in [0.3, 0.4) is 0 Å². The van der Waals surface area contributed by atoms with Crippen molar-refractivity contribution in [3.8, 4) is 0 Å². The lowest BCUT2D eigenvalue weighted by Crippen LogP contribution is -2.52. The van der Waals surface area contributed by atoms with E-state index < -0.39 is 11.9 Å². The van der Waals surface area contributed by atoms with Gasteiger partial charge in [-0.2, -0.15) is 0 Å². The molecule has 1 aliphatic heterocycles. The highest BCUT2D eigenvalue weighted by molar-refractivity contribution is 5.77. The zero-order valence-electron chi connectivity index (χ0n) is 9.19. The molecule has 0 aromatic heterocycles. The molecule has 2 N–H and O–H groups in total. The Labute approximate surface area is 89.4 Å². The molecule has 1 saturated heterocycles. The van der Waals surface area contributed by atoms with E-state index in [1.54, 1.807) is 11.8 Å². The number of aliphatic carboxylic acids is 1. The number of nitrogens with one attached hydrogen (secondary N) is 1. The molecule has 1 heterocycles. The molecule has 15 heavy (non-hydrogen) atoms. The van der Waals surface area contributed by atoms with Gasteiger partial charge in [0.25, 0.3) is 0 Å². The molecule has 0 aromatic rings. The van der Waals surface area contributed by atoms with Gasteiger partial charge >= 0.3 is 12.0 Å². The minimum absolute atomic E-state index is 0.157. The van der Waals surface area contributed by atoms with Crippen molar-refractivity contribution in [2.45, 2.75) is 32.7 Å². The zero-order chi connectivity index (χ0) is 11.4. The summed E-state index contributed by atoms with van der Waals surface area (Å²) >= 11 is 0. The first-order valence-corrected chi connectivity index (χ1v) is 5.35. The van der Waals surface area contributed by atoms with E-state index in [2.05, 4.69) is 5.32 Å². The summed E-state index contributed by atoms with van der Waals surface area (Å²) in [7, 11) is 0. The first-order valence-electron chi connectivity index (χ1n) is 5.35. The maximum atomic E-state index is 11.6. The molecule has 0 spiro atoms. The third-order valence-corrected chi connectivity index (χ3v) is 2.89. The van der Waals surface area contributed by atoms with Gasteiger partial charge in [0, 0.05) is 19.1 Å². The van der Waals surface area contributed by atoms with Crippen LogP contribution >= 0.6 is 0 Å². The fraction of sp³-hybridized carbons (Fsp3) is 0.800. The lowest BCUT2D eigenvalue weighted by atomic mass is 9.90. The SMILES string of the molecule is CCNC(=O)N1CCCC(C(=O)O)C1C. The number of likely N-dealkylation sites (tertiary alicyclic amines) is 1. The summed E-state index contributed by atoms with van der Waals surface area (Å²) in [4.78, 5) is 24.1. The van der Waals surface area contributed by atoms with Gasteiger partial charge in [0.2, 0.25) is 0 Å². The molecule has 0 bridgehead atoms. The van der Waals surface area contributed by atoms with Gasteiger partial charge in [-0.3, -0.25) is 4.79 Å². The monoisotopic (exact) mass is 214 g/mol. The predicted octanol–water partition coefficient (Wildman–Crippen LogP) is 0.901. The number of hydrogen-bond acceptors (Lipinski definition) is 2. The molecule has 2 unspecified atom stereocenters. The first-order chi connectivity index (χ1) is 7.07. The molecule has 2 atom stereocenters. The lowest BCUT2D eigenvalue weighted by molar-refractivity contribution is -0.144. The number of piperidine rings is 1. The van der Waals surface area contributed by atoms with E-state index in [0.717, 1.165) is 6.42 Å². The lowest BCUT2D eigenvalue weighted by Gasteiger charge is -2.37. The molecule has 5 heteroatoms. The highest BCUT2D eigenvalue weighted by atomic mass is 16.4. The molecule has 0 saturated carbocycles. The average molecular weight is 214 g/mol. The largest absolute Gasteiger partial charge is 0.481 e. The van der Waals surface area contributed by atoms with Crippen molar-refractivity contribution in [2.75, 3.05) is 13.1 Å². The van der Waals surface area contributed by atoms with Gasteiger partial charge in [-0.15, -0.1) is 0 Å². The number of rotatable bonds is 2. The molecular weight excluding hydrogens is 196 g/mol. The van der Waals surface area contributed by atoms with Crippen LogP contribution in [0.1, 0.15) is 26.7 Å². The average Bonchev–Trinajstić information content (AvgIpc) is 2.17. The summed E-state index contributed by atoms with van der Waals surface area (Å²) in [6, 6.07) is -0.376. The summed E-state index contributed by atoms with van der Waals surface area (Å²) in [6.07, 6.45) is 1.42. The van der Waals surface area contributed by atoms with Crippen molar-refractivity contribution in [3.63, 3.8) is 0 Å². The maximum absolute atomic E-state index is 11.6. The fourth-order valence-corrected chi connectivity index (χ4v) is 2.01. The maximum Gasteiger partial charge on any atom is 0.317 e. The Bertz CT molecular complexity index is 255. The second-order valence-corrected chi connectivity index (χ2v) is 3.86. The van der Waals surface area contributed by atoms with E-state index in [9.17, 15) is 9.59 Å². The van der Waals surface area contributed by atoms with Crippen molar-refractivity contribution < 1.29 is 14.7 Å². The molecule has 0 aromatic carbocycles. The summed E-state index contributed by atoms with van der Waals surface area (Å²) in [5.41, 5.74) is 0. The third-order valence-electron chi connectivity index (χ3n) is 2.89. The summed E-state index contributed by atoms with van der Waals surface area (Å²) in [5.74, 6) is -1.24. The number of carboxylic acid groups (broad SMARTS) is 1. The Morgan fingerprint density at radius 2 is 2.20 bits per heavy atom. The second kappa shape index (κ2) is 5.00. The van der Waals surface area contributed by atoms with Crippen LogP contribution in [0, 0.1) is 5.92 Å². The first kappa shape index (κ1) is 11.8. The number of carbonyl (C=O) groups is 2. The highest BCUT2D eigenvalue weighted by Crippen LogP contribution is 2.23. The van der Waals surface area contributed by atoms with Crippen molar-refractivity contribution in [1.82, 2.24) is 10.2 Å². The zero-order valence-corrected chi connectivity index (χ0v) is 9.19. The van der Waals surface area contributed by atoms with E-state index in [0.29, 0.717) is 19.5 Å². The van der Waals surface area contributed by atoms with E-state index in [1.807, 2.05) is 6.92 Å². The third kappa shape index (κ3) is 2.61. The van der Waals surface area contributed by atoms with Gasteiger partial charge in [0.15, 0.2) is 0 Å². The highest BCUT2D eigenvalue weighted by Gasteiger charge is 2.34. The number of hydrogen-bond donors (Lipinski definition) is 2. The molecule has 5 nitrogen and oxygen atoms in total. The van der Waals surface area contributed by atoms with E-state index >= 15 is 0 Å². The molecule has 86 valence electrons. The van der Waals surface area contributed by atoms with E-state index in [1.165, 1.54) is 0 Å². The van der Waals surface area contributed by atoms with Gasteiger partial charge in [0.05, 0.1) is 5.92 Å². The van der Waals surface area contributed by atoms with Gasteiger partial charge in [-0.05, 0) is 26.7 Å². The van der Waals surface area contributed by atoms with Crippen LogP contribution in [0.5, 0.6) is 0 Å². The van der Waals surface area contributed by atoms with Crippen LogP contribution in [-0.4, -0.2) is 41.1 Å². The van der Waals surface area contributed by atoms with E-state index in [-0.39, 0.29) is 12.1 Å². The van der Waals surface area contributed by atoms with Gasteiger partial charge < -0.3 is 15.3 Å². The van der Waals surface area contributed by atoms with Crippen LogP contribution in [0.4, 0.5) is 4.79 Å². The smallest absolute Gasteiger partial charge is 0.317 e. The molecule has 1 rings (SSSR count). The molecule has 2 amide bonds. The molecular formula is C10H18N2O3. The number of carbonyl (C=O) groups excluding carboxylic acids is 1. The second-order valence-electron chi connectivity index (χ2n) is 3.86. The van der Waals surface area contributed by atoms with Crippen molar-refractivity contribution in [3.05, 3.63) is 0 Å². The minimum atomic E-state index is -0.809. The number of urea groups is 1. The predicted molar refractivity (Wildman–Crippen MR) is 55.6 cm³/mol. The van der Waals surface area contributed by atoms with Crippen molar-refractivity contribution in [1.29, 1.82) is 0 Å². The Morgan fingerprint density at radius 3 is 2.73 bits per heavy atom. The van der Waals surface area contributed by atoms with Crippen LogP contribution in [0.2, 0.25) is 0 Å². The van der Waals surface area contributed by atoms with Crippen molar-refractivity contribution in [2.24, 2.45) is 5.92 Å². The Morgan fingerprint density at radius 1 is 1.53 bits per heavy atom. The van der Waals surface area contributed by atoms with Crippen LogP contribution in [-0.2, 0) is 4.79 Å². The quantitative estimate of drug-likeness (QED) is 0.717. The fourth-order valence-electron chi connectivity index (χ4n) is 2.01. The summed E-state index contributed by atoms with van der Waals surface area (Å²) in [6.45, 7) is 4.87. The van der Waals surface area contributed by atoms with Gasteiger partial charge in [0.1, 0.15) is 0 Å². The summed E-state index contributed by atoms with van der Waals surface area (Å²) < 4.78 is 0. The Hall–Kier alpha value is -1.26. The van der Waals surface area contributed by atoms with Gasteiger partial charge in [-0.1, -0.05) is 0 Å². The van der Waals surface area contributed by atoms with Gasteiger partial charge in [-0.25, -0.2) is 4.79 Å². The van der Waals surface area contributed by atoms with Crippen LogP contribution in [0.15, 0.2) is 0 Å². The molecule has 1 fully saturated rings. The van der Waals surface area contributed by atoms with Crippen LogP contribution in [0.25, 0.3) is 0 Å². The topological polar surface area (TPSA) is 69.6 Å². The Balaban J connectivity index is 2.65. The normalized spacial score (nSPS) is 26.1. The molecule has 1 aliphatic rings. The number of carboxylic acids is 1. The number of nitrogens with zero attached hydrogens (tertiary/aromatic N) is 1. The number of amides is 2. The Kier molecular flexibility index (Phi) is 3.94. The standard InChI is InChI=1S/C10H18N2O3/c1-3-11-10(15)12-6-4-5-8(7(12)2)9(13)14/h7-8H,3-6H2,1-2H3,(H,11,15)(H,13,14). The molecule has 0 aliphatic carbocycles. The van der Waals surface area contributed by atoms with Crippen LogP contribution < -0.4 is 5.32 Å². The van der Waals surface area contributed by atoms with E-state index in [4.69, 9.17) is 5.11 Å². The van der Waals surface area contributed by atoms with Crippen molar-refractivity contribution >= 4 is 12.0 Å². The summed E-state index contributed by atoms with van der Waals surface area (Å²) in [5, 5.41) is 11.7. The minimum Gasteiger partial charge on any atom is -0.481 e.